The number of benzene rings is 1. The van der Waals surface area contributed by atoms with Crippen LogP contribution in [0.4, 0.5) is 16.2 Å². The molecule has 0 aromatic heterocycles. The minimum atomic E-state index is 0.102. The molecule has 1 atom stereocenters. The molecule has 1 unspecified atom stereocenters. The molecule has 2 amide bonds. The molecule has 1 aromatic carbocycles. The van der Waals surface area contributed by atoms with Crippen LogP contribution < -0.4 is 15.1 Å². The van der Waals surface area contributed by atoms with E-state index in [0.717, 1.165) is 37.9 Å². The number of urea groups is 1. The Labute approximate surface area is 154 Å². The number of carbonyl (C=O) groups is 1. The molecule has 1 N–H and O–H groups in total. The Kier molecular flexibility index (Phi) is 5.08. The molecule has 0 bridgehead atoms. The lowest BCUT2D eigenvalue weighted by molar-refractivity contribution is 0.229. The normalized spacial score (nSPS) is 25.2. The van der Waals surface area contributed by atoms with Gasteiger partial charge in [-0.3, -0.25) is 4.90 Å². The van der Waals surface area contributed by atoms with Crippen LogP contribution in [0.25, 0.3) is 0 Å². The summed E-state index contributed by atoms with van der Waals surface area (Å²) < 4.78 is 0. The van der Waals surface area contributed by atoms with Crippen LogP contribution in [-0.4, -0.2) is 67.7 Å². The van der Waals surface area contributed by atoms with Gasteiger partial charge in [-0.1, -0.05) is 0 Å². The van der Waals surface area contributed by atoms with Gasteiger partial charge >= 0.3 is 6.03 Å². The zero-order chi connectivity index (χ0) is 17.2. The van der Waals surface area contributed by atoms with E-state index in [4.69, 9.17) is 0 Å². The molecule has 1 aromatic rings. The van der Waals surface area contributed by atoms with Gasteiger partial charge in [0.05, 0.1) is 0 Å². The summed E-state index contributed by atoms with van der Waals surface area (Å²) in [7, 11) is 1.86. The maximum absolute atomic E-state index is 12.1. The van der Waals surface area contributed by atoms with Crippen molar-refractivity contribution in [2.24, 2.45) is 0 Å². The predicted octanol–water partition coefficient (Wildman–Crippen LogP) is 2.62. The monoisotopic (exact) mass is 360 g/mol. The topological polar surface area (TPSA) is 38.8 Å². The summed E-state index contributed by atoms with van der Waals surface area (Å²) in [5, 5.41) is 3.85. The first-order valence-corrected chi connectivity index (χ1v) is 10.6. The van der Waals surface area contributed by atoms with Crippen molar-refractivity contribution in [1.29, 1.82) is 0 Å². The SMILES string of the molecule is CN1CCN(c2ccc(N3CCC(NC4CCSC4)CC3)cc2)C1=O. The van der Waals surface area contributed by atoms with Crippen LogP contribution in [0.5, 0.6) is 0 Å². The Balaban J connectivity index is 1.31. The van der Waals surface area contributed by atoms with Crippen LogP contribution in [0.1, 0.15) is 19.3 Å². The van der Waals surface area contributed by atoms with Crippen molar-refractivity contribution in [2.45, 2.75) is 31.3 Å². The van der Waals surface area contributed by atoms with Gasteiger partial charge in [0.25, 0.3) is 0 Å². The van der Waals surface area contributed by atoms with Crippen molar-refractivity contribution in [3.8, 4) is 0 Å². The van der Waals surface area contributed by atoms with E-state index in [9.17, 15) is 4.79 Å². The van der Waals surface area contributed by atoms with Gasteiger partial charge in [0.15, 0.2) is 0 Å². The minimum absolute atomic E-state index is 0.102. The maximum atomic E-state index is 12.1. The van der Waals surface area contributed by atoms with Crippen molar-refractivity contribution in [2.75, 3.05) is 54.5 Å². The van der Waals surface area contributed by atoms with Crippen LogP contribution in [0.15, 0.2) is 24.3 Å². The van der Waals surface area contributed by atoms with Crippen LogP contribution in [0.2, 0.25) is 0 Å². The number of rotatable bonds is 4. The number of piperidine rings is 1. The van der Waals surface area contributed by atoms with E-state index in [2.05, 4.69) is 46.2 Å². The zero-order valence-corrected chi connectivity index (χ0v) is 15.8. The van der Waals surface area contributed by atoms with Crippen molar-refractivity contribution in [3.05, 3.63) is 24.3 Å². The average Bonchev–Trinajstić information content (AvgIpc) is 3.27. The highest BCUT2D eigenvalue weighted by Crippen LogP contribution is 2.26. The van der Waals surface area contributed by atoms with Crippen LogP contribution in [0, 0.1) is 0 Å². The second-order valence-electron chi connectivity index (χ2n) is 7.36. The first kappa shape index (κ1) is 17.0. The number of amides is 2. The van der Waals surface area contributed by atoms with E-state index in [1.54, 1.807) is 4.90 Å². The maximum Gasteiger partial charge on any atom is 0.324 e. The molecule has 3 fully saturated rings. The summed E-state index contributed by atoms with van der Waals surface area (Å²) in [6.07, 6.45) is 3.77. The number of carbonyl (C=O) groups excluding carboxylic acids is 1. The van der Waals surface area contributed by atoms with Gasteiger partial charge in [0.1, 0.15) is 0 Å². The summed E-state index contributed by atoms with van der Waals surface area (Å²) in [6.45, 7) is 3.82. The molecule has 5 nitrogen and oxygen atoms in total. The van der Waals surface area contributed by atoms with Crippen LogP contribution >= 0.6 is 11.8 Å². The Bertz CT molecular complexity index is 594. The number of nitrogens with zero attached hydrogens (tertiary/aromatic N) is 3. The molecule has 3 aliphatic rings. The number of nitrogens with one attached hydrogen (secondary N) is 1. The summed E-state index contributed by atoms with van der Waals surface area (Å²) >= 11 is 2.08. The Morgan fingerprint density at radius 3 is 2.28 bits per heavy atom. The number of thioether (sulfide) groups is 1. The third-order valence-electron chi connectivity index (χ3n) is 5.64. The first-order valence-electron chi connectivity index (χ1n) is 9.42. The molecule has 3 saturated heterocycles. The van der Waals surface area contributed by atoms with Crippen molar-refractivity contribution in [3.63, 3.8) is 0 Å². The fourth-order valence-corrected chi connectivity index (χ4v) is 5.20. The van der Waals surface area contributed by atoms with Crippen molar-refractivity contribution >= 4 is 29.2 Å². The molecule has 0 spiro atoms. The number of hydrogen-bond acceptors (Lipinski definition) is 4. The number of anilines is 2. The standard InChI is InChI=1S/C19H28N4OS/c1-21-11-12-23(19(21)24)18-4-2-17(3-5-18)22-9-6-15(7-10-22)20-16-8-13-25-14-16/h2-5,15-16,20H,6-14H2,1H3. The highest BCUT2D eigenvalue weighted by Gasteiger charge is 2.27. The minimum Gasteiger partial charge on any atom is -0.371 e. The van der Waals surface area contributed by atoms with E-state index in [1.165, 1.54) is 36.5 Å². The molecule has 0 saturated carbocycles. The van der Waals surface area contributed by atoms with Gasteiger partial charge in [0.2, 0.25) is 0 Å². The fraction of sp³-hybridized carbons (Fsp3) is 0.632. The van der Waals surface area contributed by atoms with Crippen LogP contribution in [0.3, 0.4) is 0 Å². The highest BCUT2D eigenvalue weighted by molar-refractivity contribution is 7.99. The third kappa shape index (κ3) is 3.75. The smallest absolute Gasteiger partial charge is 0.324 e. The summed E-state index contributed by atoms with van der Waals surface area (Å²) in [4.78, 5) is 18.2. The highest BCUT2D eigenvalue weighted by atomic mass is 32.2. The average molecular weight is 361 g/mol. The molecule has 4 rings (SSSR count). The predicted molar refractivity (Wildman–Crippen MR) is 106 cm³/mol. The third-order valence-corrected chi connectivity index (χ3v) is 6.80. The fourth-order valence-electron chi connectivity index (χ4n) is 4.03. The lowest BCUT2D eigenvalue weighted by Crippen LogP contribution is -2.46. The van der Waals surface area contributed by atoms with Gasteiger partial charge in [0, 0.05) is 62.4 Å². The van der Waals surface area contributed by atoms with E-state index < -0.39 is 0 Å². The molecule has 0 radical (unpaired) electrons. The second kappa shape index (κ2) is 7.46. The second-order valence-corrected chi connectivity index (χ2v) is 8.51. The number of hydrogen-bond donors (Lipinski definition) is 1. The van der Waals surface area contributed by atoms with Crippen molar-refractivity contribution in [1.82, 2.24) is 10.2 Å². The Morgan fingerprint density at radius 1 is 0.960 bits per heavy atom. The summed E-state index contributed by atoms with van der Waals surface area (Å²) in [5.41, 5.74) is 2.28. The number of likely N-dealkylation sites (N-methyl/N-ethyl adjacent to an activating group) is 1. The van der Waals surface area contributed by atoms with Gasteiger partial charge < -0.3 is 15.1 Å². The molecule has 6 heteroatoms. The van der Waals surface area contributed by atoms with E-state index >= 15 is 0 Å². The van der Waals surface area contributed by atoms with Gasteiger partial charge in [-0.15, -0.1) is 0 Å². The van der Waals surface area contributed by atoms with Gasteiger partial charge in [-0.2, -0.15) is 11.8 Å². The van der Waals surface area contributed by atoms with Crippen molar-refractivity contribution < 1.29 is 4.79 Å². The van der Waals surface area contributed by atoms with Crippen LogP contribution in [-0.2, 0) is 0 Å². The lowest BCUT2D eigenvalue weighted by atomic mass is 10.0. The molecule has 3 heterocycles. The molecular formula is C19H28N4OS. The first-order chi connectivity index (χ1) is 12.2. The molecule has 136 valence electrons. The molecule has 25 heavy (non-hydrogen) atoms. The summed E-state index contributed by atoms with van der Waals surface area (Å²) in [5.74, 6) is 2.60. The molecular weight excluding hydrogens is 332 g/mol. The Morgan fingerprint density at radius 2 is 1.68 bits per heavy atom. The zero-order valence-electron chi connectivity index (χ0n) is 15.0. The van der Waals surface area contributed by atoms with Gasteiger partial charge in [-0.25, -0.2) is 4.79 Å². The largest absolute Gasteiger partial charge is 0.371 e. The van der Waals surface area contributed by atoms with E-state index in [-0.39, 0.29) is 6.03 Å². The lowest BCUT2D eigenvalue weighted by Gasteiger charge is -2.35. The molecule has 3 aliphatic heterocycles. The van der Waals surface area contributed by atoms with E-state index in [1.807, 2.05) is 11.9 Å². The Hall–Kier alpha value is -1.40. The van der Waals surface area contributed by atoms with E-state index in [0.29, 0.717) is 6.04 Å². The quantitative estimate of drug-likeness (QED) is 0.896. The van der Waals surface area contributed by atoms with Gasteiger partial charge in [-0.05, 0) is 49.3 Å². The summed E-state index contributed by atoms with van der Waals surface area (Å²) in [6, 6.07) is 10.0. The molecule has 0 aliphatic carbocycles.